The average Bonchev–Trinajstić information content (AvgIpc) is 2.86. The number of hydrogen-bond donors (Lipinski definition) is 2. The molecule has 20 heavy (non-hydrogen) atoms. The van der Waals surface area contributed by atoms with Crippen molar-refractivity contribution in [2.24, 2.45) is 0 Å². The molecule has 0 aromatic heterocycles. The molecule has 1 aromatic rings. The van der Waals surface area contributed by atoms with E-state index < -0.39 is 0 Å². The normalized spacial score (nSPS) is 21.7. The topological polar surface area (TPSA) is 73.6 Å². The lowest BCUT2D eigenvalue weighted by Crippen LogP contribution is -2.33. The molecule has 0 aliphatic heterocycles. The third-order valence-electron chi connectivity index (χ3n) is 3.56. The molecule has 5 heteroatoms. The van der Waals surface area contributed by atoms with Gasteiger partial charge in [-0.1, -0.05) is 0 Å². The Morgan fingerprint density at radius 3 is 2.85 bits per heavy atom. The molecule has 1 aliphatic rings. The fraction of sp³-hybridized carbons (Fsp3) is 0.533. The van der Waals surface area contributed by atoms with Crippen LogP contribution in [0.5, 0.6) is 5.75 Å². The minimum atomic E-state index is -0.111. The number of methoxy groups -OCH3 is 1. The standard InChI is InChI=1S/C15H22N2O3/c1-3-20-14-7-10(6-11(16)8-14)15(18)17-12-4-5-13(9-12)19-2/h6-8,12-13H,3-5,9,16H2,1-2H3,(H,17,18). The number of carbonyl (C=O) groups is 1. The van der Waals surface area contributed by atoms with E-state index in [-0.39, 0.29) is 18.1 Å². The van der Waals surface area contributed by atoms with Crippen LogP contribution in [0.25, 0.3) is 0 Å². The van der Waals surface area contributed by atoms with Crippen molar-refractivity contribution < 1.29 is 14.3 Å². The van der Waals surface area contributed by atoms with Gasteiger partial charge in [0.25, 0.3) is 5.91 Å². The number of hydrogen-bond acceptors (Lipinski definition) is 4. The van der Waals surface area contributed by atoms with Crippen molar-refractivity contribution in [3.05, 3.63) is 23.8 Å². The quantitative estimate of drug-likeness (QED) is 0.808. The zero-order chi connectivity index (χ0) is 14.5. The second-order valence-electron chi connectivity index (χ2n) is 5.06. The molecule has 0 spiro atoms. The molecule has 1 aliphatic carbocycles. The van der Waals surface area contributed by atoms with Gasteiger partial charge in [-0.25, -0.2) is 0 Å². The molecule has 3 N–H and O–H groups in total. The van der Waals surface area contributed by atoms with Crippen LogP contribution in [-0.2, 0) is 4.74 Å². The van der Waals surface area contributed by atoms with Crippen molar-refractivity contribution in [3.63, 3.8) is 0 Å². The molecule has 0 bridgehead atoms. The van der Waals surface area contributed by atoms with E-state index in [1.165, 1.54) is 0 Å². The molecule has 0 heterocycles. The molecule has 2 rings (SSSR count). The number of ether oxygens (including phenoxy) is 2. The van der Waals surface area contributed by atoms with E-state index in [2.05, 4.69) is 5.32 Å². The molecule has 0 radical (unpaired) electrons. The van der Waals surface area contributed by atoms with Gasteiger partial charge < -0.3 is 20.5 Å². The first-order valence-electron chi connectivity index (χ1n) is 6.99. The predicted molar refractivity (Wildman–Crippen MR) is 77.9 cm³/mol. The SMILES string of the molecule is CCOc1cc(N)cc(C(=O)NC2CCC(OC)C2)c1. The highest BCUT2D eigenvalue weighted by molar-refractivity contribution is 5.95. The van der Waals surface area contributed by atoms with Crippen molar-refractivity contribution in [1.29, 1.82) is 0 Å². The lowest BCUT2D eigenvalue weighted by Gasteiger charge is -2.14. The molecule has 1 fully saturated rings. The highest BCUT2D eigenvalue weighted by Gasteiger charge is 2.26. The van der Waals surface area contributed by atoms with Gasteiger partial charge in [-0.05, 0) is 38.3 Å². The Morgan fingerprint density at radius 2 is 2.20 bits per heavy atom. The summed E-state index contributed by atoms with van der Waals surface area (Å²) in [5.74, 6) is 0.513. The Morgan fingerprint density at radius 1 is 1.40 bits per heavy atom. The molecule has 1 saturated carbocycles. The number of anilines is 1. The highest BCUT2D eigenvalue weighted by Crippen LogP contribution is 2.23. The van der Waals surface area contributed by atoms with E-state index in [0.717, 1.165) is 19.3 Å². The Kier molecular flexibility index (Phi) is 4.84. The van der Waals surface area contributed by atoms with Gasteiger partial charge in [0.2, 0.25) is 0 Å². The summed E-state index contributed by atoms with van der Waals surface area (Å²) in [6, 6.07) is 5.28. The van der Waals surface area contributed by atoms with Gasteiger partial charge in [-0.2, -0.15) is 0 Å². The third-order valence-corrected chi connectivity index (χ3v) is 3.56. The molecule has 2 unspecified atom stereocenters. The maximum Gasteiger partial charge on any atom is 0.251 e. The molecular formula is C15H22N2O3. The van der Waals surface area contributed by atoms with E-state index in [1.54, 1.807) is 25.3 Å². The molecule has 110 valence electrons. The van der Waals surface area contributed by atoms with Gasteiger partial charge in [0.1, 0.15) is 5.75 Å². The molecule has 2 atom stereocenters. The number of benzene rings is 1. The second-order valence-corrected chi connectivity index (χ2v) is 5.06. The third kappa shape index (κ3) is 3.63. The van der Waals surface area contributed by atoms with Crippen LogP contribution in [0.15, 0.2) is 18.2 Å². The number of nitrogens with one attached hydrogen (secondary N) is 1. The molecule has 1 amide bonds. The number of carbonyl (C=O) groups excluding carboxylic acids is 1. The largest absolute Gasteiger partial charge is 0.494 e. The maximum atomic E-state index is 12.2. The van der Waals surface area contributed by atoms with Crippen molar-refractivity contribution in [3.8, 4) is 5.75 Å². The maximum absolute atomic E-state index is 12.2. The number of nitrogen functional groups attached to an aromatic ring is 1. The fourth-order valence-corrected chi connectivity index (χ4v) is 2.56. The van der Waals surface area contributed by atoms with Crippen LogP contribution >= 0.6 is 0 Å². The smallest absolute Gasteiger partial charge is 0.251 e. The van der Waals surface area contributed by atoms with Crippen LogP contribution < -0.4 is 15.8 Å². The first-order chi connectivity index (χ1) is 9.62. The lowest BCUT2D eigenvalue weighted by atomic mass is 10.1. The monoisotopic (exact) mass is 278 g/mol. The van der Waals surface area contributed by atoms with E-state index in [4.69, 9.17) is 15.2 Å². The summed E-state index contributed by atoms with van der Waals surface area (Å²) < 4.78 is 10.7. The summed E-state index contributed by atoms with van der Waals surface area (Å²) in [4.78, 5) is 12.2. The van der Waals surface area contributed by atoms with Crippen LogP contribution in [0.2, 0.25) is 0 Å². The molecule has 5 nitrogen and oxygen atoms in total. The van der Waals surface area contributed by atoms with Crippen molar-refractivity contribution >= 4 is 11.6 Å². The number of nitrogens with two attached hydrogens (primary N) is 1. The van der Waals surface area contributed by atoms with Gasteiger partial charge in [0.15, 0.2) is 0 Å². The van der Waals surface area contributed by atoms with E-state index in [0.29, 0.717) is 23.6 Å². The van der Waals surface area contributed by atoms with Crippen LogP contribution in [0.1, 0.15) is 36.5 Å². The van der Waals surface area contributed by atoms with Gasteiger partial charge in [-0.3, -0.25) is 4.79 Å². The van der Waals surface area contributed by atoms with Crippen molar-refractivity contribution in [2.75, 3.05) is 19.5 Å². The Balaban J connectivity index is 2.02. The van der Waals surface area contributed by atoms with Gasteiger partial charge in [0, 0.05) is 30.5 Å². The number of rotatable bonds is 5. The minimum Gasteiger partial charge on any atom is -0.494 e. The summed E-state index contributed by atoms with van der Waals surface area (Å²) in [5.41, 5.74) is 6.87. The van der Waals surface area contributed by atoms with Gasteiger partial charge >= 0.3 is 0 Å². The van der Waals surface area contributed by atoms with Gasteiger partial charge in [0.05, 0.1) is 12.7 Å². The van der Waals surface area contributed by atoms with Crippen LogP contribution in [0, 0.1) is 0 Å². The Hall–Kier alpha value is -1.75. The van der Waals surface area contributed by atoms with Crippen molar-refractivity contribution in [1.82, 2.24) is 5.32 Å². The summed E-state index contributed by atoms with van der Waals surface area (Å²) >= 11 is 0. The summed E-state index contributed by atoms with van der Waals surface area (Å²) in [5, 5.41) is 3.03. The first kappa shape index (κ1) is 14.7. The van der Waals surface area contributed by atoms with Gasteiger partial charge in [-0.15, -0.1) is 0 Å². The zero-order valence-corrected chi connectivity index (χ0v) is 12.0. The van der Waals surface area contributed by atoms with Crippen LogP contribution in [0.4, 0.5) is 5.69 Å². The summed E-state index contributed by atoms with van der Waals surface area (Å²) in [6.45, 7) is 2.44. The van der Waals surface area contributed by atoms with E-state index in [1.807, 2.05) is 6.92 Å². The van der Waals surface area contributed by atoms with Crippen molar-refractivity contribution in [2.45, 2.75) is 38.3 Å². The summed E-state index contributed by atoms with van der Waals surface area (Å²) in [6.07, 6.45) is 3.05. The van der Waals surface area contributed by atoms with Crippen LogP contribution in [-0.4, -0.2) is 31.8 Å². The fourth-order valence-electron chi connectivity index (χ4n) is 2.56. The average molecular weight is 278 g/mol. The van der Waals surface area contributed by atoms with E-state index in [9.17, 15) is 4.79 Å². The molecule has 1 aromatic carbocycles. The number of amides is 1. The molecular weight excluding hydrogens is 256 g/mol. The molecule has 0 saturated heterocycles. The summed E-state index contributed by atoms with van der Waals surface area (Å²) in [7, 11) is 1.71. The Bertz CT molecular complexity index is 476. The zero-order valence-electron chi connectivity index (χ0n) is 12.0. The lowest BCUT2D eigenvalue weighted by molar-refractivity contribution is 0.0914. The minimum absolute atomic E-state index is 0.111. The Labute approximate surface area is 119 Å². The highest BCUT2D eigenvalue weighted by atomic mass is 16.5. The second kappa shape index (κ2) is 6.61. The van der Waals surface area contributed by atoms with E-state index >= 15 is 0 Å². The predicted octanol–water partition coefficient (Wildman–Crippen LogP) is 1.96. The van der Waals surface area contributed by atoms with Crippen LogP contribution in [0.3, 0.4) is 0 Å². The first-order valence-corrected chi connectivity index (χ1v) is 6.99.